The number of ether oxygens (including phenoxy) is 3. The summed E-state index contributed by atoms with van der Waals surface area (Å²) in [5.74, 6) is -0.260. The molecule has 0 saturated carbocycles. The number of benzene rings is 1. The minimum absolute atomic E-state index is 0.0132. The van der Waals surface area contributed by atoms with Gasteiger partial charge in [-0.1, -0.05) is 0 Å². The Morgan fingerprint density at radius 3 is 2.62 bits per heavy atom. The van der Waals surface area contributed by atoms with Gasteiger partial charge in [0.1, 0.15) is 0 Å². The molecule has 16 heavy (non-hydrogen) atoms. The number of hydrogen-bond donors (Lipinski definition) is 0. The predicted molar refractivity (Wildman–Crippen MR) is 62.4 cm³/mol. The lowest BCUT2D eigenvalue weighted by atomic mass is 10.3. The van der Waals surface area contributed by atoms with Crippen LogP contribution in [0.4, 0.5) is 4.39 Å². The van der Waals surface area contributed by atoms with Crippen LogP contribution in [0.2, 0.25) is 0 Å². The lowest BCUT2D eigenvalue weighted by Crippen LogP contribution is -2.08. The molecule has 0 aliphatic rings. The normalized spacial score (nSPS) is 10.6. The fraction of sp³-hybridized carbons (Fsp3) is 0.455. The van der Waals surface area contributed by atoms with E-state index in [9.17, 15) is 4.39 Å². The molecule has 5 heteroatoms. The summed E-state index contributed by atoms with van der Waals surface area (Å²) in [6.07, 6.45) is -0.0917. The van der Waals surface area contributed by atoms with Gasteiger partial charge in [-0.2, -0.15) is 4.39 Å². The summed E-state index contributed by atoms with van der Waals surface area (Å²) in [4.78, 5) is 0. The lowest BCUT2D eigenvalue weighted by molar-refractivity contribution is 0.0471. The molecule has 0 radical (unpaired) electrons. The summed E-state index contributed by atoms with van der Waals surface area (Å²) in [6.45, 7) is 3.65. The fourth-order valence-corrected chi connectivity index (χ4v) is 1.53. The monoisotopic (exact) mass is 292 g/mol. The van der Waals surface area contributed by atoms with E-state index in [0.29, 0.717) is 4.47 Å². The third kappa shape index (κ3) is 3.35. The summed E-state index contributed by atoms with van der Waals surface area (Å²) in [5.41, 5.74) is 0. The van der Waals surface area contributed by atoms with E-state index >= 15 is 0 Å². The molecule has 1 rings (SSSR count). The third-order valence-electron chi connectivity index (χ3n) is 1.70. The van der Waals surface area contributed by atoms with E-state index in [0.717, 1.165) is 0 Å². The molecular formula is C11H14BrFO3. The van der Waals surface area contributed by atoms with Gasteiger partial charge < -0.3 is 14.2 Å². The maximum absolute atomic E-state index is 13.9. The van der Waals surface area contributed by atoms with Gasteiger partial charge in [0.2, 0.25) is 5.82 Å². The molecule has 0 fully saturated rings. The van der Waals surface area contributed by atoms with E-state index < -0.39 is 5.82 Å². The van der Waals surface area contributed by atoms with E-state index in [2.05, 4.69) is 15.9 Å². The maximum atomic E-state index is 13.9. The largest absolute Gasteiger partial charge is 0.488 e. The van der Waals surface area contributed by atoms with Crippen LogP contribution in [0.5, 0.6) is 11.5 Å². The van der Waals surface area contributed by atoms with Crippen molar-refractivity contribution in [2.24, 2.45) is 0 Å². The highest BCUT2D eigenvalue weighted by atomic mass is 79.9. The van der Waals surface area contributed by atoms with Gasteiger partial charge in [-0.15, -0.1) is 0 Å². The SMILES string of the molecule is COCOc1c(Br)ccc(OC(C)C)c1F. The summed E-state index contributed by atoms with van der Waals surface area (Å²) in [5, 5.41) is 0. The summed E-state index contributed by atoms with van der Waals surface area (Å²) < 4.78 is 29.6. The van der Waals surface area contributed by atoms with Crippen molar-refractivity contribution in [3.63, 3.8) is 0 Å². The molecule has 3 nitrogen and oxygen atoms in total. The zero-order valence-electron chi connectivity index (χ0n) is 9.42. The molecule has 0 bridgehead atoms. The molecule has 0 aliphatic heterocycles. The van der Waals surface area contributed by atoms with Crippen LogP contribution in [-0.4, -0.2) is 20.0 Å². The fourth-order valence-electron chi connectivity index (χ4n) is 1.11. The molecule has 90 valence electrons. The maximum Gasteiger partial charge on any atom is 0.208 e. The van der Waals surface area contributed by atoms with Crippen LogP contribution in [0.3, 0.4) is 0 Å². The van der Waals surface area contributed by atoms with Crippen molar-refractivity contribution in [3.8, 4) is 11.5 Å². The van der Waals surface area contributed by atoms with Crippen LogP contribution in [-0.2, 0) is 4.74 Å². The summed E-state index contributed by atoms with van der Waals surface area (Å²) >= 11 is 3.20. The zero-order valence-corrected chi connectivity index (χ0v) is 11.0. The van der Waals surface area contributed by atoms with Crippen molar-refractivity contribution in [1.82, 2.24) is 0 Å². The Hall–Kier alpha value is -0.810. The van der Waals surface area contributed by atoms with Gasteiger partial charge in [0.25, 0.3) is 0 Å². The predicted octanol–water partition coefficient (Wildman–Crippen LogP) is 3.36. The summed E-state index contributed by atoms with van der Waals surface area (Å²) in [7, 11) is 1.47. The van der Waals surface area contributed by atoms with Crippen LogP contribution in [0.15, 0.2) is 16.6 Å². The van der Waals surface area contributed by atoms with Crippen LogP contribution in [0, 0.1) is 5.82 Å². The summed E-state index contributed by atoms with van der Waals surface area (Å²) in [6, 6.07) is 3.23. The Labute approximate surface area is 103 Å². The minimum atomic E-state index is -0.528. The topological polar surface area (TPSA) is 27.7 Å². The highest BCUT2D eigenvalue weighted by Crippen LogP contribution is 2.34. The van der Waals surface area contributed by atoms with Crippen molar-refractivity contribution in [1.29, 1.82) is 0 Å². The molecule has 0 spiro atoms. The molecule has 1 aromatic rings. The van der Waals surface area contributed by atoms with Gasteiger partial charge >= 0.3 is 0 Å². The Balaban J connectivity index is 2.96. The second kappa shape index (κ2) is 6.06. The van der Waals surface area contributed by atoms with E-state index in [4.69, 9.17) is 14.2 Å². The average Bonchev–Trinajstić information content (AvgIpc) is 2.22. The zero-order chi connectivity index (χ0) is 12.1. The Morgan fingerprint density at radius 2 is 2.06 bits per heavy atom. The van der Waals surface area contributed by atoms with Crippen molar-refractivity contribution in [2.45, 2.75) is 20.0 Å². The first-order chi connectivity index (χ1) is 7.56. The van der Waals surface area contributed by atoms with Crippen LogP contribution < -0.4 is 9.47 Å². The van der Waals surface area contributed by atoms with Gasteiger partial charge in [0.15, 0.2) is 18.3 Å². The van der Waals surface area contributed by atoms with Crippen molar-refractivity contribution in [2.75, 3.05) is 13.9 Å². The van der Waals surface area contributed by atoms with Crippen molar-refractivity contribution < 1.29 is 18.6 Å². The Kier molecular flexibility index (Phi) is 5.02. The minimum Gasteiger partial charge on any atom is -0.488 e. The van der Waals surface area contributed by atoms with Gasteiger partial charge in [-0.3, -0.25) is 0 Å². The van der Waals surface area contributed by atoms with Gasteiger partial charge in [0.05, 0.1) is 10.6 Å². The molecule has 0 N–H and O–H groups in total. The second-order valence-electron chi connectivity index (χ2n) is 3.41. The quantitative estimate of drug-likeness (QED) is 0.779. The lowest BCUT2D eigenvalue weighted by Gasteiger charge is -2.14. The third-order valence-corrected chi connectivity index (χ3v) is 2.32. The van der Waals surface area contributed by atoms with Gasteiger partial charge in [-0.05, 0) is 41.9 Å². The molecule has 0 amide bonds. The number of rotatable bonds is 5. The smallest absolute Gasteiger partial charge is 0.208 e. The van der Waals surface area contributed by atoms with E-state index in [1.807, 2.05) is 13.8 Å². The highest BCUT2D eigenvalue weighted by molar-refractivity contribution is 9.10. The number of halogens is 2. The Morgan fingerprint density at radius 1 is 1.38 bits per heavy atom. The standard InChI is InChI=1S/C11H14BrFO3/c1-7(2)16-9-5-4-8(12)11(10(9)13)15-6-14-3/h4-5,7H,6H2,1-3H3. The van der Waals surface area contributed by atoms with Gasteiger partial charge in [0, 0.05) is 7.11 Å². The highest BCUT2D eigenvalue weighted by Gasteiger charge is 2.15. The van der Waals surface area contributed by atoms with E-state index in [1.54, 1.807) is 12.1 Å². The first-order valence-electron chi connectivity index (χ1n) is 4.82. The molecular weight excluding hydrogens is 279 g/mol. The van der Waals surface area contributed by atoms with Crippen LogP contribution >= 0.6 is 15.9 Å². The molecule has 0 atom stereocenters. The van der Waals surface area contributed by atoms with Crippen molar-refractivity contribution >= 4 is 15.9 Å². The average molecular weight is 293 g/mol. The molecule has 0 unspecified atom stereocenters. The first kappa shape index (κ1) is 13.3. The van der Waals surface area contributed by atoms with E-state index in [1.165, 1.54) is 7.11 Å². The van der Waals surface area contributed by atoms with Crippen molar-refractivity contribution in [3.05, 3.63) is 22.4 Å². The number of methoxy groups -OCH3 is 1. The molecule has 0 heterocycles. The molecule has 0 aromatic heterocycles. The molecule has 1 aromatic carbocycles. The van der Waals surface area contributed by atoms with Gasteiger partial charge in [-0.25, -0.2) is 0 Å². The van der Waals surface area contributed by atoms with E-state index in [-0.39, 0.29) is 24.4 Å². The second-order valence-corrected chi connectivity index (χ2v) is 4.26. The van der Waals surface area contributed by atoms with Crippen LogP contribution in [0.1, 0.15) is 13.8 Å². The first-order valence-corrected chi connectivity index (χ1v) is 5.62. The Bertz CT molecular complexity index is 355. The molecule has 0 aliphatic carbocycles. The van der Waals surface area contributed by atoms with Crippen LogP contribution in [0.25, 0.3) is 0 Å². The molecule has 0 saturated heterocycles. The number of hydrogen-bond acceptors (Lipinski definition) is 3.